The van der Waals surface area contributed by atoms with Gasteiger partial charge in [-0.3, -0.25) is 4.98 Å². The van der Waals surface area contributed by atoms with Gasteiger partial charge in [-0.1, -0.05) is 5.16 Å². The molecule has 2 heterocycles. The third-order valence-corrected chi connectivity index (χ3v) is 3.93. The Balaban J connectivity index is 1.68. The fourth-order valence-corrected chi connectivity index (χ4v) is 2.88. The summed E-state index contributed by atoms with van der Waals surface area (Å²) in [6, 6.07) is 3.66. The Morgan fingerprint density at radius 1 is 1.53 bits per heavy atom. The first kappa shape index (κ1) is 12.1. The summed E-state index contributed by atoms with van der Waals surface area (Å²) in [5.41, 5.74) is 0.959. The largest absolute Gasteiger partial charge is 0.458 e. The normalized spacial score (nSPS) is 28.5. The molecule has 3 rings (SSSR count). The van der Waals surface area contributed by atoms with E-state index < -0.39 is 5.60 Å². The van der Waals surface area contributed by atoms with Crippen LogP contribution in [0.15, 0.2) is 29.7 Å². The Hall–Kier alpha value is -1.91. The molecule has 1 fully saturated rings. The second kappa shape index (κ2) is 4.64. The maximum Gasteiger partial charge on any atom is 0.354 e. The summed E-state index contributed by atoms with van der Waals surface area (Å²) >= 11 is 0. The van der Waals surface area contributed by atoms with Gasteiger partial charge >= 0.3 is 5.97 Å². The molecule has 0 radical (unpaired) electrons. The van der Waals surface area contributed by atoms with E-state index in [0.29, 0.717) is 6.42 Å². The van der Waals surface area contributed by atoms with Crippen LogP contribution < -0.4 is 0 Å². The van der Waals surface area contributed by atoms with Gasteiger partial charge in [0.05, 0.1) is 11.6 Å². The zero-order valence-electron chi connectivity index (χ0n) is 10.8. The monoisotopic (exact) mass is 260 g/mol. The molecule has 1 aliphatic heterocycles. The maximum absolute atomic E-state index is 12.3. The Bertz CT molecular complexity index is 515. The number of fused-ring (bicyclic) bond motifs is 1. The van der Waals surface area contributed by atoms with Crippen molar-refractivity contribution in [2.75, 3.05) is 0 Å². The fourth-order valence-electron chi connectivity index (χ4n) is 2.88. The van der Waals surface area contributed by atoms with Crippen molar-refractivity contribution >= 4 is 11.7 Å². The van der Waals surface area contributed by atoms with E-state index in [-0.39, 0.29) is 18.5 Å². The number of nitrogens with zero attached hydrogens (tertiary/aromatic N) is 2. The highest BCUT2D eigenvalue weighted by Crippen LogP contribution is 2.44. The summed E-state index contributed by atoms with van der Waals surface area (Å²) in [7, 11) is 0. The summed E-state index contributed by atoms with van der Waals surface area (Å²) in [6.07, 6.45) is 5.97. The first-order valence-corrected chi connectivity index (χ1v) is 6.51. The molecule has 5 nitrogen and oxygen atoms in total. The maximum atomic E-state index is 12.3. The lowest BCUT2D eigenvalue weighted by molar-refractivity contribution is -0.173. The average molecular weight is 260 g/mol. The van der Waals surface area contributed by atoms with Gasteiger partial charge in [-0.05, 0) is 37.5 Å². The molecule has 1 saturated carbocycles. The molecule has 0 spiro atoms. The van der Waals surface area contributed by atoms with Crippen LogP contribution in [0.3, 0.4) is 0 Å². The molecule has 0 bridgehead atoms. The molecule has 1 aromatic heterocycles. The summed E-state index contributed by atoms with van der Waals surface area (Å²) in [4.78, 5) is 21.7. The minimum atomic E-state index is -0.864. The van der Waals surface area contributed by atoms with Crippen LogP contribution in [0.5, 0.6) is 0 Å². The van der Waals surface area contributed by atoms with Crippen molar-refractivity contribution in [3.8, 4) is 0 Å². The van der Waals surface area contributed by atoms with Crippen LogP contribution in [0.4, 0.5) is 0 Å². The van der Waals surface area contributed by atoms with Crippen molar-refractivity contribution in [1.82, 2.24) is 4.98 Å². The van der Waals surface area contributed by atoms with Crippen LogP contribution in [0.2, 0.25) is 0 Å². The third-order valence-electron chi connectivity index (χ3n) is 3.93. The first-order valence-electron chi connectivity index (χ1n) is 6.51. The Morgan fingerprint density at radius 2 is 2.32 bits per heavy atom. The van der Waals surface area contributed by atoms with Crippen LogP contribution in [-0.4, -0.2) is 22.3 Å². The number of aromatic nitrogens is 1. The molecule has 19 heavy (non-hydrogen) atoms. The van der Waals surface area contributed by atoms with Crippen molar-refractivity contribution in [1.29, 1.82) is 0 Å². The Morgan fingerprint density at radius 3 is 3.11 bits per heavy atom. The van der Waals surface area contributed by atoms with E-state index in [9.17, 15) is 4.79 Å². The van der Waals surface area contributed by atoms with Gasteiger partial charge in [-0.15, -0.1) is 0 Å². The molecule has 2 aliphatic rings. The highest BCUT2D eigenvalue weighted by molar-refractivity contribution is 5.95. The predicted molar refractivity (Wildman–Crippen MR) is 68.3 cm³/mol. The van der Waals surface area contributed by atoms with E-state index in [1.54, 1.807) is 12.4 Å². The van der Waals surface area contributed by atoms with Gasteiger partial charge in [-0.25, -0.2) is 4.79 Å². The molecule has 2 atom stereocenters. The molecule has 0 amide bonds. The van der Waals surface area contributed by atoms with E-state index >= 15 is 0 Å². The number of pyridine rings is 1. The number of oxime groups is 1. The van der Waals surface area contributed by atoms with Gasteiger partial charge in [0.2, 0.25) is 5.60 Å². The number of carbonyl (C=O) groups is 1. The number of hydrogen-bond acceptors (Lipinski definition) is 5. The summed E-state index contributed by atoms with van der Waals surface area (Å²) in [5, 5.41) is 3.97. The first-order chi connectivity index (χ1) is 9.22. The van der Waals surface area contributed by atoms with Crippen molar-refractivity contribution in [3.63, 3.8) is 0 Å². The van der Waals surface area contributed by atoms with Crippen LogP contribution in [0, 0.1) is 5.92 Å². The van der Waals surface area contributed by atoms with Crippen molar-refractivity contribution < 1.29 is 14.4 Å². The molecule has 0 saturated heterocycles. The standard InChI is InChI=1S/C14H16N2O3/c1-10-12-3-2-6-14(12,19-16-10)13(17)18-9-11-4-7-15-8-5-11/h4-5,7-8,12H,2-3,6,9H2,1H3. The second-order valence-electron chi connectivity index (χ2n) is 5.09. The van der Waals surface area contributed by atoms with Gasteiger partial charge in [0.25, 0.3) is 0 Å². The molecule has 2 unspecified atom stereocenters. The lowest BCUT2D eigenvalue weighted by atomic mass is 9.88. The number of hydrogen-bond donors (Lipinski definition) is 0. The molecular formula is C14H16N2O3. The van der Waals surface area contributed by atoms with Crippen molar-refractivity contribution in [2.45, 2.75) is 38.4 Å². The van der Waals surface area contributed by atoms with E-state index in [4.69, 9.17) is 9.57 Å². The lowest BCUT2D eigenvalue weighted by Crippen LogP contribution is -2.43. The number of ether oxygens (including phenoxy) is 1. The summed E-state index contributed by atoms with van der Waals surface area (Å²) in [6.45, 7) is 2.16. The molecular weight excluding hydrogens is 244 g/mol. The van der Waals surface area contributed by atoms with Gasteiger partial charge in [0.15, 0.2) is 0 Å². The second-order valence-corrected chi connectivity index (χ2v) is 5.09. The topological polar surface area (TPSA) is 60.8 Å². The van der Waals surface area contributed by atoms with Crippen LogP contribution in [0.1, 0.15) is 31.7 Å². The highest BCUT2D eigenvalue weighted by Gasteiger charge is 2.57. The van der Waals surface area contributed by atoms with Gasteiger partial charge < -0.3 is 9.57 Å². The van der Waals surface area contributed by atoms with Crippen molar-refractivity contribution in [2.24, 2.45) is 11.1 Å². The number of rotatable bonds is 3. The minimum Gasteiger partial charge on any atom is -0.458 e. The third kappa shape index (κ3) is 1.99. The molecule has 1 aliphatic carbocycles. The predicted octanol–water partition coefficient (Wildman–Crippen LogP) is 2.07. The highest BCUT2D eigenvalue weighted by atomic mass is 16.7. The average Bonchev–Trinajstić information content (AvgIpc) is 3.00. The van der Waals surface area contributed by atoms with Crippen LogP contribution >= 0.6 is 0 Å². The van der Waals surface area contributed by atoms with Gasteiger partial charge in [0, 0.05) is 18.8 Å². The Labute approximate surface area is 111 Å². The molecule has 5 heteroatoms. The molecule has 0 N–H and O–H groups in total. The zero-order valence-corrected chi connectivity index (χ0v) is 10.8. The van der Waals surface area contributed by atoms with E-state index in [0.717, 1.165) is 24.1 Å². The van der Waals surface area contributed by atoms with Crippen LogP contribution in [0.25, 0.3) is 0 Å². The molecule has 1 aromatic rings. The summed E-state index contributed by atoms with van der Waals surface area (Å²) < 4.78 is 5.40. The quantitative estimate of drug-likeness (QED) is 0.780. The van der Waals surface area contributed by atoms with Crippen LogP contribution in [-0.2, 0) is 21.0 Å². The number of esters is 1. The smallest absolute Gasteiger partial charge is 0.354 e. The van der Waals surface area contributed by atoms with Gasteiger partial charge in [-0.2, -0.15) is 0 Å². The molecule has 0 aromatic carbocycles. The van der Waals surface area contributed by atoms with E-state index in [1.807, 2.05) is 19.1 Å². The number of carbonyl (C=O) groups excluding carboxylic acids is 1. The SMILES string of the molecule is CC1=NOC2(C(=O)OCc3ccncc3)CCCC12. The Kier molecular flexibility index (Phi) is 2.97. The van der Waals surface area contributed by atoms with Gasteiger partial charge in [0.1, 0.15) is 6.61 Å². The molecule has 100 valence electrons. The minimum absolute atomic E-state index is 0.0810. The zero-order chi connectivity index (χ0) is 13.3. The van der Waals surface area contributed by atoms with Crippen molar-refractivity contribution in [3.05, 3.63) is 30.1 Å². The van der Waals surface area contributed by atoms with E-state index in [2.05, 4.69) is 10.1 Å². The van der Waals surface area contributed by atoms with E-state index in [1.165, 1.54) is 0 Å². The summed E-state index contributed by atoms with van der Waals surface area (Å²) in [5.74, 6) is -0.218. The fraction of sp³-hybridized carbons (Fsp3) is 0.500. The lowest BCUT2D eigenvalue weighted by Gasteiger charge is -2.24.